The molecule has 3 rings (SSSR count). The number of hydrogen-bond donors (Lipinski definition) is 1. The molecule has 0 aromatic carbocycles. The van der Waals surface area contributed by atoms with Gasteiger partial charge in [0, 0.05) is 37.9 Å². The highest BCUT2D eigenvalue weighted by molar-refractivity contribution is 5.78. The van der Waals surface area contributed by atoms with E-state index in [2.05, 4.69) is 10.3 Å². The molecule has 0 aliphatic carbocycles. The summed E-state index contributed by atoms with van der Waals surface area (Å²) >= 11 is 0. The maximum absolute atomic E-state index is 12.3. The number of nitrogens with one attached hydrogen (secondary N) is 1. The minimum Gasteiger partial charge on any atom is -0.376 e. The highest BCUT2D eigenvalue weighted by Crippen LogP contribution is 2.28. The number of rotatable bonds is 4. The maximum atomic E-state index is 12.3. The number of fused-ring (bicyclic) bond motifs is 1. The van der Waals surface area contributed by atoms with Crippen LogP contribution < -0.4 is 5.32 Å². The molecule has 0 saturated carbocycles. The average Bonchev–Trinajstić information content (AvgIpc) is 2.88. The van der Waals surface area contributed by atoms with E-state index in [-0.39, 0.29) is 17.4 Å². The highest BCUT2D eigenvalue weighted by atomic mass is 16.5. The lowest BCUT2D eigenvalue weighted by Gasteiger charge is -2.34. The smallest absolute Gasteiger partial charge is 0.223 e. The van der Waals surface area contributed by atoms with Crippen molar-refractivity contribution in [1.29, 1.82) is 0 Å². The van der Waals surface area contributed by atoms with Crippen LogP contribution in [-0.4, -0.2) is 34.0 Å². The van der Waals surface area contributed by atoms with E-state index in [0.717, 1.165) is 30.6 Å². The number of nitrogens with zero attached hydrogens (tertiary/aromatic N) is 2. The van der Waals surface area contributed by atoms with E-state index < -0.39 is 0 Å². The third-order valence-corrected chi connectivity index (χ3v) is 4.16. The summed E-state index contributed by atoms with van der Waals surface area (Å²) < 4.78 is 7.66. The van der Waals surface area contributed by atoms with Crippen LogP contribution in [0.25, 0.3) is 5.65 Å². The van der Waals surface area contributed by atoms with Crippen molar-refractivity contribution in [3.8, 4) is 0 Å². The first kappa shape index (κ1) is 15.0. The number of amides is 1. The normalized spacial score (nSPS) is 20.9. The Morgan fingerprint density at radius 1 is 1.50 bits per heavy atom. The second-order valence-electron chi connectivity index (χ2n) is 6.54. The third kappa shape index (κ3) is 3.47. The number of carbonyl (C=O) groups excluding carboxylic acids is 1. The Balaban J connectivity index is 1.51. The molecule has 1 aliphatic heterocycles. The van der Waals surface area contributed by atoms with Gasteiger partial charge in [0.1, 0.15) is 5.65 Å². The van der Waals surface area contributed by atoms with Crippen molar-refractivity contribution in [3.63, 3.8) is 0 Å². The van der Waals surface area contributed by atoms with Gasteiger partial charge in [-0.3, -0.25) is 4.79 Å². The summed E-state index contributed by atoms with van der Waals surface area (Å²) in [6.07, 6.45) is 6.34. The Kier molecular flexibility index (Phi) is 4.16. The summed E-state index contributed by atoms with van der Waals surface area (Å²) in [6.45, 7) is 5.38. The highest BCUT2D eigenvalue weighted by Gasteiger charge is 2.32. The van der Waals surface area contributed by atoms with Gasteiger partial charge in [-0.25, -0.2) is 4.98 Å². The first-order valence-electron chi connectivity index (χ1n) is 7.88. The molecule has 1 fully saturated rings. The number of pyridine rings is 1. The van der Waals surface area contributed by atoms with Crippen LogP contribution in [0.2, 0.25) is 0 Å². The van der Waals surface area contributed by atoms with Crippen LogP contribution in [0.3, 0.4) is 0 Å². The van der Waals surface area contributed by atoms with Crippen molar-refractivity contribution in [2.24, 2.45) is 5.92 Å². The van der Waals surface area contributed by atoms with Gasteiger partial charge in [-0.15, -0.1) is 0 Å². The molecular weight excluding hydrogens is 278 g/mol. The van der Waals surface area contributed by atoms with E-state index >= 15 is 0 Å². The fourth-order valence-electron chi connectivity index (χ4n) is 3.02. The standard InChI is InChI=1S/C17H23N3O2/c1-17(2)11-13(7-10-22-17)16(21)18-8-6-14-12-20-9-4-3-5-15(20)19-14/h3-5,9,12-13H,6-8,10-11H2,1-2H3,(H,18,21)/t13-/m0/s1. The lowest BCUT2D eigenvalue weighted by atomic mass is 9.88. The van der Waals surface area contributed by atoms with Gasteiger partial charge < -0.3 is 14.5 Å². The van der Waals surface area contributed by atoms with Crippen LogP contribution in [0.5, 0.6) is 0 Å². The quantitative estimate of drug-likeness (QED) is 0.942. The van der Waals surface area contributed by atoms with E-state index in [9.17, 15) is 4.79 Å². The third-order valence-electron chi connectivity index (χ3n) is 4.16. The zero-order valence-electron chi connectivity index (χ0n) is 13.2. The van der Waals surface area contributed by atoms with Crippen molar-refractivity contribution in [1.82, 2.24) is 14.7 Å². The van der Waals surface area contributed by atoms with Crippen molar-refractivity contribution < 1.29 is 9.53 Å². The molecule has 0 bridgehead atoms. The minimum absolute atomic E-state index is 0.0600. The van der Waals surface area contributed by atoms with Crippen LogP contribution in [-0.2, 0) is 16.0 Å². The predicted molar refractivity (Wildman–Crippen MR) is 84.7 cm³/mol. The SMILES string of the molecule is CC1(C)C[C@@H](C(=O)NCCc2cn3ccccc3n2)CCO1. The molecule has 1 aliphatic rings. The Labute approximate surface area is 130 Å². The first-order chi connectivity index (χ1) is 10.5. The largest absolute Gasteiger partial charge is 0.376 e. The van der Waals surface area contributed by atoms with E-state index in [1.54, 1.807) is 0 Å². The molecule has 0 spiro atoms. The van der Waals surface area contributed by atoms with E-state index in [0.29, 0.717) is 13.2 Å². The van der Waals surface area contributed by atoms with Gasteiger partial charge >= 0.3 is 0 Å². The molecule has 2 aromatic rings. The number of ether oxygens (including phenoxy) is 1. The lowest BCUT2D eigenvalue weighted by molar-refractivity contribution is -0.135. The van der Waals surface area contributed by atoms with Gasteiger partial charge in [-0.05, 0) is 38.8 Å². The molecule has 1 atom stereocenters. The molecule has 5 nitrogen and oxygen atoms in total. The Morgan fingerprint density at radius 2 is 2.36 bits per heavy atom. The molecular formula is C17H23N3O2. The molecule has 5 heteroatoms. The van der Waals surface area contributed by atoms with Gasteiger partial charge in [0.2, 0.25) is 5.91 Å². The summed E-state index contributed by atoms with van der Waals surface area (Å²) in [5.74, 6) is 0.199. The Morgan fingerprint density at radius 3 is 3.14 bits per heavy atom. The summed E-state index contributed by atoms with van der Waals surface area (Å²) in [5.41, 5.74) is 1.75. The van der Waals surface area contributed by atoms with E-state index in [1.165, 1.54) is 0 Å². The summed E-state index contributed by atoms with van der Waals surface area (Å²) in [5, 5.41) is 3.04. The summed E-state index contributed by atoms with van der Waals surface area (Å²) in [7, 11) is 0. The van der Waals surface area contributed by atoms with E-state index in [1.807, 2.05) is 48.8 Å². The van der Waals surface area contributed by atoms with Crippen LogP contribution in [0.4, 0.5) is 0 Å². The molecule has 1 amide bonds. The molecule has 1 saturated heterocycles. The number of imidazole rings is 1. The van der Waals surface area contributed by atoms with Gasteiger partial charge in [0.25, 0.3) is 0 Å². The number of aromatic nitrogens is 2. The Bertz CT molecular complexity index is 630. The van der Waals surface area contributed by atoms with Crippen LogP contribution in [0.1, 0.15) is 32.4 Å². The molecule has 0 radical (unpaired) electrons. The fourth-order valence-corrected chi connectivity index (χ4v) is 3.02. The van der Waals surface area contributed by atoms with Crippen LogP contribution in [0, 0.1) is 5.92 Å². The zero-order chi connectivity index (χ0) is 15.6. The zero-order valence-corrected chi connectivity index (χ0v) is 13.2. The average molecular weight is 301 g/mol. The topological polar surface area (TPSA) is 55.6 Å². The molecule has 2 aromatic heterocycles. The Hall–Kier alpha value is -1.88. The summed E-state index contributed by atoms with van der Waals surface area (Å²) in [4.78, 5) is 16.8. The lowest BCUT2D eigenvalue weighted by Crippen LogP contribution is -2.41. The van der Waals surface area contributed by atoms with Crippen LogP contribution in [0.15, 0.2) is 30.6 Å². The molecule has 118 valence electrons. The maximum Gasteiger partial charge on any atom is 0.223 e. The van der Waals surface area contributed by atoms with Crippen molar-refractivity contribution >= 4 is 11.6 Å². The van der Waals surface area contributed by atoms with E-state index in [4.69, 9.17) is 4.74 Å². The molecule has 1 N–H and O–H groups in total. The van der Waals surface area contributed by atoms with Gasteiger partial charge in [0.15, 0.2) is 0 Å². The monoisotopic (exact) mass is 301 g/mol. The van der Waals surface area contributed by atoms with Crippen molar-refractivity contribution in [2.75, 3.05) is 13.2 Å². The number of carbonyl (C=O) groups is 1. The second kappa shape index (κ2) is 6.08. The molecule has 22 heavy (non-hydrogen) atoms. The van der Waals surface area contributed by atoms with Gasteiger partial charge in [-0.1, -0.05) is 6.07 Å². The minimum atomic E-state index is -0.193. The number of hydrogen-bond acceptors (Lipinski definition) is 3. The predicted octanol–water partition coefficient (Wildman–Crippen LogP) is 2.20. The first-order valence-corrected chi connectivity index (χ1v) is 7.88. The second-order valence-corrected chi connectivity index (χ2v) is 6.54. The van der Waals surface area contributed by atoms with Gasteiger partial charge in [-0.2, -0.15) is 0 Å². The van der Waals surface area contributed by atoms with Gasteiger partial charge in [0.05, 0.1) is 11.3 Å². The van der Waals surface area contributed by atoms with Crippen molar-refractivity contribution in [2.45, 2.75) is 38.7 Å². The molecule has 3 heterocycles. The molecule has 0 unspecified atom stereocenters. The van der Waals surface area contributed by atoms with Crippen LogP contribution >= 0.6 is 0 Å². The summed E-state index contributed by atoms with van der Waals surface area (Å²) in [6, 6.07) is 5.93. The van der Waals surface area contributed by atoms with Crippen molar-refractivity contribution in [3.05, 3.63) is 36.3 Å². The fraction of sp³-hybridized carbons (Fsp3) is 0.529.